The van der Waals surface area contributed by atoms with Crippen molar-refractivity contribution in [3.8, 4) is 0 Å². The van der Waals surface area contributed by atoms with Gasteiger partial charge in [0.2, 0.25) is 0 Å². The lowest BCUT2D eigenvalue weighted by Gasteiger charge is -2.48. The van der Waals surface area contributed by atoms with Crippen molar-refractivity contribution in [3.05, 3.63) is 59.3 Å². The first-order valence-electron chi connectivity index (χ1n) is 25.0. The summed E-state index contributed by atoms with van der Waals surface area (Å²) in [5.74, 6) is -2.59. The second-order valence-corrected chi connectivity index (χ2v) is 20.5. The van der Waals surface area contributed by atoms with Crippen LogP contribution in [0.1, 0.15) is 107 Å². The van der Waals surface area contributed by atoms with Crippen LogP contribution in [0.3, 0.4) is 0 Å². The first kappa shape index (κ1) is 52.5. The van der Waals surface area contributed by atoms with E-state index in [-0.39, 0.29) is 30.5 Å². The van der Waals surface area contributed by atoms with E-state index in [0.717, 1.165) is 25.0 Å². The fourth-order valence-corrected chi connectivity index (χ4v) is 11.4. The molecule has 67 heavy (non-hydrogen) atoms. The van der Waals surface area contributed by atoms with Crippen molar-refractivity contribution in [2.45, 2.75) is 204 Å². The molecule has 6 heterocycles. The van der Waals surface area contributed by atoms with Gasteiger partial charge in [0.25, 0.3) is 0 Å². The minimum Gasteiger partial charge on any atom is -0.462 e. The van der Waals surface area contributed by atoms with Crippen molar-refractivity contribution >= 4 is 5.97 Å². The number of hydrogen-bond acceptors (Lipinski definition) is 15. The SMILES string of the molecule is CCCNC[C@@]1(O)[C@H](C)O[C@@H](O[C@H]2[C@H](C)O[C@@H](O[C@@H]3/C(C)=C/C[C@@H]4C[C@@H](C[C@]5(C=C[C@H](C)[C@@H](C(C)CC)O5)O4)OC(=O)[C@@H]4C=C(C)[C@@H](O)[C@H]5OC/C(=C\C=C\[C@@H]3C)[C@]54O)C[C@@H]2OC)C[C@@H]1OC. The highest BCUT2D eigenvalue weighted by Gasteiger charge is 2.60. The van der Waals surface area contributed by atoms with E-state index in [4.69, 9.17) is 47.4 Å². The van der Waals surface area contributed by atoms with E-state index in [1.165, 1.54) is 0 Å². The number of rotatable bonds is 12. The molecule has 0 saturated carbocycles. The second kappa shape index (κ2) is 22.0. The highest BCUT2D eigenvalue weighted by Crippen LogP contribution is 2.47. The fourth-order valence-electron chi connectivity index (χ4n) is 11.4. The minimum atomic E-state index is -1.84. The summed E-state index contributed by atoms with van der Waals surface area (Å²) in [6.45, 7) is 19.3. The molecule has 4 saturated heterocycles. The Balaban J connectivity index is 1.15. The molecule has 4 N–H and O–H groups in total. The van der Waals surface area contributed by atoms with Crippen LogP contribution >= 0.6 is 0 Å². The van der Waals surface area contributed by atoms with Crippen LogP contribution in [-0.2, 0) is 52.2 Å². The molecule has 0 aromatic heterocycles. The van der Waals surface area contributed by atoms with E-state index in [1.807, 2.05) is 39.0 Å². The monoisotopic (exact) mass is 944 g/mol. The third kappa shape index (κ3) is 10.9. The molecule has 15 heteroatoms. The van der Waals surface area contributed by atoms with E-state index in [9.17, 15) is 20.1 Å². The van der Waals surface area contributed by atoms with Gasteiger partial charge in [-0.05, 0) is 75.8 Å². The third-order valence-corrected chi connectivity index (χ3v) is 15.7. The Labute approximate surface area is 398 Å². The van der Waals surface area contributed by atoms with Crippen molar-refractivity contribution in [2.24, 2.45) is 23.7 Å². The summed E-state index contributed by atoms with van der Waals surface area (Å²) < 4.78 is 64.7. The lowest BCUT2D eigenvalue weighted by Crippen LogP contribution is -2.64. The third-order valence-electron chi connectivity index (χ3n) is 15.7. The maximum absolute atomic E-state index is 14.4. The van der Waals surface area contributed by atoms with E-state index in [1.54, 1.807) is 33.3 Å². The predicted molar refractivity (Wildman–Crippen MR) is 249 cm³/mol. The summed E-state index contributed by atoms with van der Waals surface area (Å²) in [5.41, 5.74) is -1.11. The quantitative estimate of drug-likeness (QED) is 0.105. The molecule has 0 aromatic rings. The van der Waals surface area contributed by atoms with Crippen molar-refractivity contribution in [1.82, 2.24) is 5.32 Å². The molecule has 0 amide bonds. The van der Waals surface area contributed by atoms with Crippen LogP contribution in [0.2, 0.25) is 0 Å². The van der Waals surface area contributed by atoms with E-state index in [0.29, 0.717) is 49.8 Å². The number of esters is 1. The molecule has 6 aliphatic heterocycles. The lowest BCUT2D eigenvalue weighted by atomic mass is 9.71. The molecule has 2 bridgehead atoms. The standard InChI is InChI=1S/C52H81NO14/c1-12-21-53-28-51(56)35(9)62-43(25-41(51)59-11)65-47-34(8)61-42(24-40(47)58-10)64-45-30(4)15-14-16-36-27-60-48-44(54)33(7)22-39(52(36,48)57)49(55)63-38-23-37(18-17-31(45)5)66-50(26-38)20-19-32(6)46(67-50)29(3)13-2/h14-17,19-20,22,29-30,32,34-35,37-48,53-54,56-57H,12-13,18,21,23-28H2,1-11H3/b15-14+,31-17+,36-16+/t29?,30-,32-,34-,35-,37+,38-,39-,40-,41-,42-,43-,44+,45-,46+,47-,48+,50+,51+,52+/m0/s1. The normalized spacial score (nSPS) is 47.5. The van der Waals surface area contributed by atoms with Crippen molar-refractivity contribution in [2.75, 3.05) is 33.9 Å². The second-order valence-electron chi connectivity index (χ2n) is 20.5. The van der Waals surface area contributed by atoms with Gasteiger partial charge in [-0.2, -0.15) is 0 Å². The van der Waals surface area contributed by atoms with Crippen LogP contribution in [0.15, 0.2) is 59.3 Å². The molecule has 1 unspecified atom stereocenters. The molecular formula is C52H81NO14. The first-order chi connectivity index (χ1) is 31.9. The average Bonchev–Trinajstić information content (AvgIpc) is 3.64. The average molecular weight is 944 g/mol. The smallest absolute Gasteiger partial charge is 0.316 e. The van der Waals surface area contributed by atoms with E-state index >= 15 is 0 Å². The summed E-state index contributed by atoms with van der Waals surface area (Å²) in [7, 11) is 3.26. The first-order valence-corrected chi connectivity index (χ1v) is 25.0. The summed E-state index contributed by atoms with van der Waals surface area (Å²) in [4.78, 5) is 14.4. The number of ether oxygens (including phenoxy) is 10. The van der Waals surface area contributed by atoms with Gasteiger partial charge < -0.3 is 68.0 Å². The van der Waals surface area contributed by atoms with Gasteiger partial charge in [-0.3, -0.25) is 4.79 Å². The summed E-state index contributed by atoms with van der Waals surface area (Å²) >= 11 is 0. The highest BCUT2D eigenvalue weighted by atomic mass is 16.7. The molecule has 0 radical (unpaired) electrons. The molecule has 1 aliphatic carbocycles. The maximum Gasteiger partial charge on any atom is 0.316 e. The van der Waals surface area contributed by atoms with Crippen molar-refractivity contribution in [3.63, 3.8) is 0 Å². The van der Waals surface area contributed by atoms with Crippen molar-refractivity contribution in [1.29, 1.82) is 0 Å². The molecule has 4 fully saturated rings. The van der Waals surface area contributed by atoms with Gasteiger partial charge in [0.1, 0.15) is 41.5 Å². The highest BCUT2D eigenvalue weighted by molar-refractivity contribution is 5.78. The molecule has 1 spiro atoms. The van der Waals surface area contributed by atoms with Gasteiger partial charge >= 0.3 is 5.97 Å². The Morgan fingerprint density at radius 2 is 1.69 bits per heavy atom. The number of fused-ring (bicyclic) bond motifs is 2. The maximum atomic E-state index is 14.4. The van der Waals surface area contributed by atoms with E-state index < -0.39 is 102 Å². The van der Waals surface area contributed by atoms with Crippen LogP contribution < -0.4 is 5.32 Å². The molecule has 15 nitrogen and oxygen atoms in total. The number of allylic oxidation sites excluding steroid dienone is 2. The van der Waals surface area contributed by atoms with Crippen LogP contribution in [0.4, 0.5) is 0 Å². The van der Waals surface area contributed by atoms with Gasteiger partial charge in [-0.15, -0.1) is 0 Å². The Bertz CT molecular complexity index is 1850. The van der Waals surface area contributed by atoms with Gasteiger partial charge in [-0.1, -0.05) is 77.5 Å². The molecule has 378 valence electrons. The van der Waals surface area contributed by atoms with Crippen LogP contribution in [0.25, 0.3) is 0 Å². The Morgan fingerprint density at radius 1 is 0.925 bits per heavy atom. The Hall–Kier alpha value is -2.35. The molecule has 20 atom stereocenters. The zero-order valence-electron chi connectivity index (χ0n) is 41.8. The number of carbonyl (C=O) groups is 1. The number of carbonyl (C=O) groups excluding carboxylic acids is 1. The zero-order valence-corrected chi connectivity index (χ0v) is 41.8. The number of nitrogens with one attached hydrogen (secondary N) is 1. The van der Waals surface area contributed by atoms with Crippen molar-refractivity contribution < 1.29 is 67.5 Å². The largest absolute Gasteiger partial charge is 0.462 e. The van der Waals surface area contributed by atoms with Gasteiger partial charge in [0, 0.05) is 58.3 Å². The number of aliphatic hydroxyl groups excluding tert-OH is 1. The van der Waals surface area contributed by atoms with Crippen LogP contribution in [-0.4, -0.2) is 152 Å². The summed E-state index contributed by atoms with van der Waals surface area (Å²) in [6.07, 6.45) is 9.84. The summed E-state index contributed by atoms with van der Waals surface area (Å²) in [5, 5.41) is 38.8. The lowest BCUT2D eigenvalue weighted by molar-refractivity contribution is -0.331. The summed E-state index contributed by atoms with van der Waals surface area (Å²) in [6, 6.07) is 0. The van der Waals surface area contributed by atoms with Gasteiger partial charge in [0.15, 0.2) is 18.4 Å². The number of aliphatic hydroxyl groups is 3. The van der Waals surface area contributed by atoms with Crippen LogP contribution in [0, 0.1) is 23.7 Å². The topological polar surface area (TPSA) is 182 Å². The van der Waals surface area contributed by atoms with Crippen LogP contribution in [0.5, 0.6) is 0 Å². The Morgan fingerprint density at radius 3 is 2.40 bits per heavy atom. The van der Waals surface area contributed by atoms with E-state index in [2.05, 4.69) is 52.1 Å². The molecule has 0 aromatic carbocycles. The molecular weight excluding hydrogens is 863 g/mol. The van der Waals surface area contributed by atoms with Gasteiger partial charge in [-0.25, -0.2) is 0 Å². The predicted octanol–water partition coefficient (Wildman–Crippen LogP) is 5.75. The number of hydrogen-bond donors (Lipinski definition) is 4. The fraction of sp³-hybridized carbons (Fsp3) is 0.788. The van der Waals surface area contributed by atoms with Gasteiger partial charge in [0.05, 0.1) is 49.3 Å². The number of methoxy groups -OCH3 is 2. The Kier molecular flexibility index (Phi) is 17.2. The molecule has 7 rings (SSSR count). The minimum absolute atomic E-state index is 0.0282. The molecule has 7 aliphatic rings. The zero-order chi connectivity index (χ0) is 48.4.